The first kappa shape index (κ1) is 15.1. The summed E-state index contributed by atoms with van der Waals surface area (Å²) in [6, 6.07) is 6.85. The van der Waals surface area contributed by atoms with Crippen LogP contribution >= 0.6 is 0 Å². The highest BCUT2D eigenvalue weighted by Crippen LogP contribution is 2.15. The maximum absolute atomic E-state index is 12.2. The summed E-state index contributed by atoms with van der Waals surface area (Å²) in [4.78, 5) is 0.312. The summed E-state index contributed by atoms with van der Waals surface area (Å²) in [5.74, 6) is -0.155. The van der Waals surface area contributed by atoms with E-state index in [-0.39, 0.29) is 5.75 Å². The fourth-order valence-electron chi connectivity index (χ4n) is 1.60. The lowest BCUT2D eigenvalue weighted by Crippen LogP contribution is -2.27. The van der Waals surface area contributed by atoms with Crippen molar-refractivity contribution < 1.29 is 17.9 Å². The molecule has 0 saturated carbocycles. The highest BCUT2D eigenvalue weighted by molar-refractivity contribution is 7.91. The summed E-state index contributed by atoms with van der Waals surface area (Å²) in [6.07, 6.45) is -0.703. The molecule has 0 N–H and O–H groups in total. The molecule has 1 aromatic rings. The average molecular weight is 272 g/mol. The van der Waals surface area contributed by atoms with Crippen molar-refractivity contribution in [2.45, 2.75) is 32.0 Å². The van der Waals surface area contributed by atoms with Crippen molar-refractivity contribution in [3.05, 3.63) is 29.8 Å². The Morgan fingerprint density at radius 2 is 1.78 bits per heavy atom. The lowest BCUT2D eigenvalue weighted by Gasteiger charge is -2.17. The third-order valence-electron chi connectivity index (χ3n) is 2.41. The molecule has 5 heteroatoms. The molecule has 102 valence electrons. The summed E-state index contributed by atoms with van der Waals surface area (Å²) in [5.41, 5.74) is 0.917. The second kappa shape index (κ2) is 6.87. The molecule has 0 saturated heterocycles. The number of hydrogen-bond acceptors (Lipinski definition) is 4. The molecule has 0 atom stereocenters. The van der Waals surface area contributed by atoms with Crippen LogP contribution in [0.4, 0.5) is 0 Å². The zero-order valence-corrected chi connectivity index (χ0v) is 11.9. The van der Waals surface area contributed by atoms with Crippen LogP contribution in [0.15, 0.2) is 29.2 Å². The van der Waals surface area contributed by atoms with Crippen molar-refractivity contribution in [1.82, 2.24) is 0 Å². The first-order valence-corrected chi connectivity index (χ1v) is 7.67. The van der Waals surface area contributed by atoms with Crippen LogP contribution in [0.2, 0.25) is 0 Å². The van der Waals surface area contributed by atoms with Gasteiger partial charge in [0.25, 0.3) is 0 Å². The molecule has 1 rings (SSSR count). The van der Waals surface area contributed by atoms with E-state index in [4.69, 9.17) is 9.47 Å². The summed E-state index contributed by atoms with van der Waals surface area (Å²) in [7, 11) is -3.38. The molecule has 0 aliphatic heterocycles. The van der Waals surface area contributed by atoms with Crippen LogP contribution in [-0.2, 0) is 19.3 Å². The summed E-state index contributed by atoms with van der Waals surface area (Å²) >= 11 is 0. The summed E-state index contributed by atoms with van der Waals surface area (Å²) in [6.45, 7) is 6.33. The Labute approximate surface area is 109 Å². The van der Waals surface area contributed by atoms with Crippen molar-refractivity contribution in [3.63, 3.8) is 0 Å². The molecule has 0 aliphatic carbocycles. The van der Waals surface area contributed by atoms with E-state index in [1.54, 1.807) is 18.2 Å². The number of rotatable bonds is 7. The van der Waals surface area contributed by atoms with Gasteiger partial charge in [-0.2, -0.15) is 0 Å². The van der Waals surface area contributed by atoms with Gasteiger partial charge in [0.15, 0.2) is 16.1 Å². The third kappa shape index (κ3) is 4.40. The zero-order valence-electron chi connectivity index (χ0n) is 11.0. The van der Waals surface area contributed by atoms with Crippen LogP contribution in [0.5, 0.6) is 0 Å². The minimum Gasteiger partial charge on any atom is -0.352 e. The number of aryl methyl sites for hydroxylation is 1. The van der Waals surface area contributed by atoms with Gasteiger partial charge in [0.2, 0.25) is 0 Å². The quantitative estimate of drug-likeness (QED) is 0.714. The van der Waals surface area contributed by atoms with Gasteiger partial charge in [0, 0.05) is 13.2 Å². The van der Waals surface area contributed by atoms with Crippen molar-refractivity contribution in [2.24, 2.45) is 0 Å². The number of hydrogen-bond donors (Lipinski definition) is 0. The van der Waals surface area contributed by atoms with Crippen LogP contribution < -0.4 is 0 Å². The molecule has 0 unspecified atom stereocenters. The van der Waals surface area contributed by atoms with Crippen molar-refractivity contribution in [2.75, 3.05) is 19.0 Å². The Hall–Kier alpha value is -0.910. The molecular weight excluding hydrogens is 252 g/mol. The number of ether oxygens (including phenoxy) is 2. The van der Waals surface area contributed by atoms with Crippen LogP contribution in [0.3, 0.4) is 0 Å². The van der Waals surface area contributed by atoms with E-state index >= 15 is 0 Å². The monoisotopic (exact) mass is 272 g/mol. The van der Waals surface area contributed by atoms with E-state index in [0.29, 0.717) is 18.1 Å². The third-order valence-corrected chi connectivity index (χ3v) is 4.09. The second-order valence-electron chi connectivity index (χ2n) is 3.94. The Morgan fingerprint density at radius 3 is 2.28 bits per heavy atom. The molecule has 0 amide bonds. The van der Waals surface area contributed by atoms with E-state index in [1.165, 1.54) is 0 Å². The Bertz CT molecular complexity index is 462. The zero-order chi connectivity index (χ0) is 13.6. The molecule has 0 radical (unpaired) electrons. The standard InChI is InChI=1S/C13H20O4S/c1-4-16-13(17-5-2)10-18(14,15)12-8-6-7-11(3)9-12/h6-9,13H,4-5,10H2,1-3H3. The minimum absolute atomic E-state index is 0.155. The van der Waals surface area contributed by atoms with E-state index in [1.807, 2.05) is 26.8 Å². The van der Waals surface area contributed by atoms with Gasteiger partial charge in [-0.25, -0.2) is 8.42 Å². The summed E-state index contributed by atoms with van der Waals surface area (Å²) < 4.78 is 34.9. The lowest BCUT2D eigenvalue weighted by atomic mass is 10.2. The highest BCUT2D eigenvalue weighted by atomic mass is 32.2. The Morgan fingerprint density at radius 1 is 1.17 bits per heavy atom. The van der Waals surface area contributed by atoms with Gasteiger partial charge in [-0.05, 0) is 38.5 Å². The number of benzene rings is 1. The fraction of sp³-hybridized carbons (Fsp3) is 0.538. The topological polar surface area (TPSA) is 52.6 Å². The van der Waals surface area contributed by atoms with Crippen molar-refractivity contribution in [1.29, 1.82) is 0 Å². The minimum atomic E-state index is -3.38. The Balaban J connectivity index is 2.86. The lowest BCUT2D eigenvalue weighted by molar-refractivity contribution is -0.120. The molecule has 4 nitrogen and oxygen atoms in total. The largest absolute Gasteiger partial charge is 0.352 e. The van der Waals surface area contributed by atoms with Crippen LogP contribution in [0.25, 0.3) is 0 Å². The van der Waals surface area contributed by atoms with E-state index in [9.17, 15) is 8.42 Å². The molecule has 0 bridgehead atoms. The molecule has 0 spiro atoms. The molecule has 0 fully saturated rings. The molecule has 0 heterocycles. The molecule has 18 heavy (non-hydrogen) atoms. The first-order chi connectivity index (χ1) is 8.49. The first-order valence-electron chi connectivity index (χ1n) is 6.02. The van der Waals surface area contributed by atoms with Gasteiger partial charge in [-0.3, -0.25) is 0 Å². The summed E-state index contributed by atoms with van der Waals surface area (Å²) in [5, 5.41) is 0. The van der Waals surface area contributed by atoms with Gasteiger partial charge in [0.05, 0.1) is 4.90 Å². The van der Waals surface area contributed by atoms with Crippen molar-refractivity contribution in [3.8, 4) is 0 Å². The smallest absolute Gasteiger partial charge is 0.183 e. The van der Waals surface area contributed by atoms with Gasteiger partial charge in [-0.15, -0.1) is 0 Å². The van der Waals surface area contributed by atoms with E-state index < -0.39 is 16.1 Å². The SMILES string of the molecule is CCOC(CS(=O)(=O)c1cccc(C)c1)OCC. The number of sulfone groups is 1. The van der Waals surface area contributed by atoms with Crippen LogP contribution in [0.1, 0.15) is 19.4 Å². The average Bonchev–Trinajstić information content (AvgIpc) is 2.29. The molecular formula is C13H20O4S. The molecule has 1 aromatic carbocycles. The van der Waals surface area contributed by atoms with E-state index in [2.05, 4.69) is 0 Å². The van der Waals surface area contributed by atoms with Gasteiger partial charge in [0.1, 0.15) is 5.75 Å². The van der Waals surface area contributed by atoms with Gasteiger partial charge < -0.3 is 9.47 Å². The second-order valence-corrected chi connectivity index (χ2v) is 5.97. The normalized spacial score (nSPS) is 12.0. The molecule has 0 aromatic heterocycles. The maximum atomic E-state index is 12.2. The predicted octanol–water partition coefficient (Wildman–Crippen LogP) is 2.17. The van der Waals surface area contributed by atoms with Crippen LogP contribution in [-0.4, -0.2) is 33.7 Å². The van der Waals surface area contributed by atoms with Crippen LogP contribution in [0, 0.1) is 6.92 Å². The maximum Gasteiger partial charge on any atom is 0.183 e. The van der Waals surface area contributed by atoms with E-state index in [0.717, 1.165) is 5.56 Å². The van der Waals surface area contributed by atoms with Crippen molar-refractivity contribution >= 4 is 9.84 Å². The highest BCUT2D eigenvalue weighted by Gasteiger charge is 2.21. The van der Waals surface area contributed by atoms with Gasteiger partial charge in [-0.1, -0.05) is 12.1 Å². The predicted molar refractivity (Wildman–Crippen MR) is 70.3 cm³/mol. The fourth-order valence-corrected chi connectivity index (χ4v) is 2.99. The van der Waals surface area contributed by atoms with Gasteiger partial charge >= 0.3 is 0 Å². The molecule has 0 aliphatic rings. The Kier molecular flexibility index (Phi) is 5.78.